The molecule has 0 atom stereocenters. The van der Waals surface area contributed by atoms with Gasteiger partial charge in [0.15, 0.2) is 5.69 Å². The number of unbranched alkanes of at least 4 members (excludes halogenated alkanes) is 5. The van der Waals surface area contributed by atoms with Gasteiger partial charge in [0, 0.05) is 6.07 Å². The molecular formula is C20H25N3O3. The van der Waals surface area contributed by atoms with Crippen LogP contribution in [0.5, 0.6) is 5.75 Å². The summed E-state index contributed by atoms with van der Waals surface area (Å²) in [7, 11) is 0. The second-order valence-electron chi connectivity index (χ2n) is 6.29. The molecule has 0 radical (unpaired) electrons. The number of hydrogen-bond donors (Lipinski definition) is 1. The van der Waals surface area contributed by atoms with Crippen LogP contribution in [0.1, 0.15) is 51.0 Å². The van der Waals surface area contributed by atoms with Crippen LogP contribution in [-0.2, 0) is 6.42 Å². The molecule has 0 aliphatic rings. The van der Waals surface area contributed by atoms with Crippen molar-refractivity contribution >= 4 is 17.1 Å². The summed E-state index contributed by atoms with van der Waals surface area (Å²) in [5, 5.41) is 29.0. The number of nitro groups is 1. The van der Waals surface area contributed by atoms with E-state index in [2.05, 4.69) is 17.2 Å². The van der Waals surface area contributed by atoms with Gasteiger partial charge in [-0.1, -0.05) is 57.2 Å². The largest absolute Gasteiger partial charge is 0.506 e. The van der Waals surface area contributed by atoms with Gasteiger partial charge in [-0.25, -0.2) is 0 Å². The predicted molar refractivity (Wildman–Crippen MR) is 102 cm³/mol. The van der Waals surface area contributed by atoms with Gasteiger partial charge in [0.1, 0.15) is 11.4 Å². The molecule has 0 saturated carbocycles. The highest BCUT2D eigenvalue weighted by atomic mass is 16.6. The van der Waals surface area contributed by atoms with E-state index in [0.717, 1.165) is 18.4 Å². The fourth-order valence-electron chi connectivity index (χ4n) is 2.72. The van der Waals surface area contributed by atoms with E-state index in [9.17, 15) is 15.2 Å². The Labute approximate surface area is 153 Å². The summed E-state index contributed by atoms with van der Waals surface area (Å²) in [6.45, 7) is 2.20. The number of hydrogen-bond acceptors (Lipinski definition) is 5. The Bertz CT molecular complexity index is 760. The molecule has 1 N–H and O–H groups in total. The Balaban J connectivity index is 2.02. The fraction of sp³-hybridized carbons (Fsp3) is 0.400. The molecule has 0 aliphatic heterocycles. The summed E-state index contributed by atoms with van der Waals surface area (Å²) >= 11 is 0. The predicted octanol–water partition coefficient (Wildman–Crippen LogP) is 6.62. The van der Waals surface area contributed by atoms with Gasteiger partial charge in [0.25, 0.3) is 5.69 Å². The van der Waals surface area contributed by atoms with Crippen molar-refractivity contribution in [1.82, 2.24) is 0 Å². The van der Waals surface area contributed by atoms with Crippen molar-refractivity contribution in [3.63, 3.8) is 0 Å². The molecule has 26 heavy (non-hydrogen) atoms. The molecule has 0 unspecified atom stereocenters. The second kappa shape index (κ2) is 10.3. The fourth-order valence-corrected chi connectivity index (χ4v) is 2.72. The first kappa shape index (κ1) is 19.6. The lowest BCUT2D eigenvalue weighted by atomic mass is 10.0. The monoisotopic (exact) mass is 355 g/mol. The first-order valence-electron chi connectivity index (χ1n) is 9.09. The molecular weight excluding hydrogens is 330 g/mol. The molecule has 0 spiro atoms. The van der Waals surface area contributed by atoms with E-state index in [0.29, 0.717) is 5.69 Å². The zero-order valence-corrected chi connectivity index (χ0v) is 15.1. The van der Waals surface area contributed by atoms with E-state index < -0.39 is 4.92 Å². The molecule has 0 amide bonds. The standard InChI is InChI=1S/C20H25N3O3/c1-2-3-4-5-6-7-10-16-13-14-20(24)18(15-16)22-21-17-11-8-9-12-19(17)23(25)26/h8-9,11-15,24H,2-7,10H2,1H3/b22-21+. The number of aryl methyl sites for hydroxylation is 1. The maximum atomic E-state index is 11.0. The molecule has 0 aliphatic carbocycles. The molecule has 6 nitrogen and oxygen atoms in total. The van der Waals surface area contributed by atoms with E-state index in [1.54, 1.807) is 24.3 Å². The smallest absolute Gasteiger partial charge is 0.296 e. The lowest BCUT2D eigenvalue weighted by molar-refractivity contribution is -0.384. The summed E-state index contributed by atoms with van der Waals surface area (Å²) in [5.41, 5.74) is 1.46. The maximum Gasteiger partial charge on any atom is 0.296 e. The Hall–Kier alpha value is -2.76. The Morgan fingerprint density at radius 2 is 1.65 bits per heavy atom. The minimum absolute atomic E-state index is 0.0130. The molecule has 138 valence electrons. The molecule has 2 aromatic carbocycles. The Kier molecular flexibility index (Phi) is 7.74. The maximum absolute atomic E-state index is 11.0. The van der Waals surface area contributed by atoms with Crippen LogP contribution in [0.2, 0.25) is 0 Å². The quantitative estimate of drug-likeness (QED) is 0.225. The number of benzene rings is 2. The van der Waals surface area contributed by atoms with E-state index in [4.69, 9.17) is 0 Å². The first-order chi connectivity index (χ1) is 12.6. The van der Waals surface area contributed by atoms with Crippen LogP contribution >= 0.6 is 0 Å². The highest BCUT2D eigenvalue weighted by Gasteiger charge is 2.12. The van der Waals surface area contributed by atoms with Crippen LogP contribution in [0.25, 0.3) is 0 Å². The number of aromatic hydroxyl groups is 1. The SMILES string of the molecule is CCCCCCCCc1ccc(O)c(/N=N/c2ccccc2[N+](=O)[O-])c1. The number of nitrogens with zero attached hydrogens (tertiary/aromatic N) is 3. The minimum atomic E-state index is -0.497. The number of phenols is 1. The summed E-state index contributed by atoms with van der Waals surface area (Å²) in [5.74, 6) is 0.0130. The van der Waals surface area contributed by atoms with Crippen LogP contribution in [0.15, 0.2) is 52.7 Å². The van der Waals surface area contributed by atoms with Crippen LogP contribution in [0, 0.1) is 10.1 Å². The molecule has 6 heteroatoms. The second-order valence-corrected chi connectivity index (χ2v) is 6.29. The van der Waals surface area contributed by atoms with Gasteiger partial charge >= 0.3 is 0 Å². The van der Waals surface area contributed by atoms with E-state index in [1.165, 1.54) is 44.2 Å². The molecule has 2 rings (SSSR count). The first-order valence-corrected chi connectivity index (χ1v) is 9.09. The molecule has 0 bridgehead atoms. The highest BCUT2D eigenvalue weighted by molar-refractivity contribution is 5.58. The van der Waals surface area contributed by atoms with Gasteiger partial charge in [-0.2, -0.15) is 0 Å². The third-order valence-corrected chi connectivity index (χ3v) is 4.20. The van der Waals surface area contributed by atoms with E-state index >= 15 is 0 Å². The van der Waals surface area contributed by atoms with Crippen LogP contribution < -0.4 is 0 Å². The topological polar surface area (TPSA) is 88.1 Å². The highest BCUT2D eigenvalue weighted by Crippen LogP contribution is 2.32. The minimum Gasteiger partial charge on any atom is -0.506 e. The summed E-state index contributed by atoms with van der Waals surface area (Å²) in [4.78, 5) is 10.5. The van der Waals surface area contributed by atoms with Crippen molar-refractivity contribution in [3.05, 3.63) is 58.1 Å². The summed E-state index contributed by atoms with van der Waals surface area (Å²) in [6.07, 6.45) is 8.25. The number of azo groups is 1. The molecule has 0 fully saturated rings. The third-order valence-electron chi connectivity index (χ3n) is 4.20. The van der Waals surface area contributed by atoms with Crippen molar-refractivity contribution in [2.75, 3.05) is 0 Å². The lowest BCUT2D eigenvalue weighted by Gasteiger charge is -2.04. The average molecular weight is 355 g/mol. The van der Waals surface area contributed by atoms with Gasteiger partial charge in [0.05, 0.1) is 4.92 Å². The number of phenolic OH excluding ortho intramolecular Hbond substituents is 1. The molecule has 2 aromatic rings. The molecule has 0 saturated heterocycles. The van der Waals surface area contributed by atoms with Gasteiger partial charge in [-0.15, -0.1) is 10.2 Å². The number of nitro benzene ring substituents is 1. The van der Waals surface area contributed by atoms with Gasteiger partial charge in [-0.3, -0.25) is 10.1 Å². The van der Waals surface area contributed by atoms with Gasteiger partial charge in [0.2, 0.25) is 0 Å². The third kappa shape index (κ3) is 5.95. The number of rotatable bonds is 10. The van der Waals surface area contributed by atoms with Gasteiger partial charge in [-0.05, 0) is 36.6 Å². The van der Waals surface area contributed by atoms with Crippen molar-refractivity contribution in [1.29, 1.82) is 0 Å². The van der Waals surface area contributed by atoms with Crippen molar-refractivity contribution in [2.45, 2.75) is 51.9 Å². The zero-order valence-electron chi connectivity index (χ0n) is 15.1. The van der Waals surface area contributed by atoms with Gasteiger partial charge < -0.3 is 5.11 Å². The molecule has 0 aromatic heterocycles. The van der Waals surface area contributed by atoms with E-state index in [-0.39, 0.29) is 17.1 Å². The normalized spacial score (nSPS) is 11.1. The summed E-state index contributed by atoms with van der Waals surface area (Å²) < 4.78 is 0. The van der Waals surface area contributed by atoms with Crippen LogP contribution in [0.3, 0.4) is 0 Å². The van der Waals surface area contributed by atoms with Crippen molar-refractivity contribution < 1.29 is 10.0 Å². The molecule has 0 heterocycles. The zero-order chi connectivity index (χ0) is 18.8. The summed E-state index contributed by atoms with van der Waals surface area (Å²) in [6, 6.07) is 11.4. The average Bonchev–Trinajstić information content (AvgIpc) is 2.64. The Morgan fingerprint density at radius 3 is 2.42 bits per heavy atom. The number of para-hydroxylation sites is 1. The van der Waals surface area contributed by atoms with Crippen LogP contribution in [-0.4, -0.2) is 10.0 Å². The van der Waals surface area contributed by atoms with Crippen LogP contribution in [0.4, 0.5) is 17.1 Å². The van der Waals surface area contributed by atoms with Crippen molar-refractivity contribution in [2.24, 2.45) is 10.2 Å². The van der Waals surface area contributed by atoms with Crippen molar-refractivity contribution in [3.8, 4) is 5.75 Å². The van der Waals surface area contributed by atoms with E-state index in [1.807, 2.05) is 6.07 Å². The Morgan fingerprint density at radius 1 is 0.962 bits per heavy atom. The lowest BCUT2D eigenvalue weighted by Crippen LogP contribution is -1.87.